The van der Waals surface area contributed by atoms with Crippen LogP contribution in [0.4, 0.5) is 0 Å². The molecule has 0 spiro atoms. The number of aryl methyl sites for hydroxylation is 2. The fraction of sp³-hybridized carbons (Fsp3) is 0.188. The molecule has 2 aromatic carbocycles. The molecule has 4 heteroatoms. The molecule has 0 fully saturated rings. The molecule has 0 saturated heterocycles. The van der Waals surface area contributed by atoms with Crippen LogP contribution in [0.15, 0.2) is 36.4 Å². The molecule has 0 atom stereocenters. The van der Waals surface area contributed by atoms with Gasteiger partial charge in [-0.1, -0.05) is 41.4 Å². The number of halogens is 2. The van der Waals surface area contributed by atoms with Crippen LogP contribution in [0.5, 0.6) is 5.75 Å². The van der Waals surface area contributed by atoms with E-state index in [9.17, 15) is 4.79 Å². The Bertz CT molecular complexity index is 631. The van der Waals surface area contributed by atoms with E-state index in [0.717, 1.165) is 11.1 Å². The molecule has 0 unspecified atom stereocenters. The Morgan fingerprint density at radius 3 is 2.30 bits per heavy atom. The van der Waals surface area contributed by atoms with Gasteiger partial charge in [0, 0.05) is 5.56 Å². The monoisotopic (exact) mass is 308 g/mol. The van der Waals surface area contributed by atoms with Crippen molar-refractivity contribution in [3.63, 3.8) is 0 Å². The molecule has 0 aliphatic rings. The van der Waals surface area contributed by atoms with E-state index in [1.165, 1.54) is 0 Å². The molecule has 0 N–H and O–H groups in total. The molecule has 2 nitrogen and oxygen atoms in total. The summed E-state index contributed by atoms with van der Waals surface area (Å²) < 4.78 is 5.44. The highest BCUT2D eigenvalue weighted by Gasteiger charge is 2.11. The lowest BCUT2D eigenvalue weighted by Crippen LogP contribution is -2.12. The van der Waals surface area contributed by atoms with Gasteiger partial charge in [-0.15, -0.1) is 0 Å². The topological polar surface area (TPSA) is 26.3 Å². The van der Waals surface area contributed by atoms with Crippen LogP contribution in [-0.4, -0.2) is 12.4 Å². The van der Waals surface area contributed by atoms with Crippen molar-refractivity contribution < 1.29 is 9.53 Å². The predicted octanol–water partition coefficient (Wildman–Crippen LogP) is 4.87. The van der Waals surface area contributed by atoms with Gasteiger partial charge in [-0.05, 0) is 43.2 Å². The zero-order valence-electron chi connectivity index (χ0n) is 11.2. The minimum Gasteiger partial charge on any atom is -0.482 e. The average molecular weight is 309 g/mol. The van der Waals surface area contributed by atoms with Crippen molar-refractivity contribution in [3.05, 3.63) is 63.1 Å². The number of rotatable bonds is 4. The van der Waals surface area contributed by atoms with E-state index in [0.29, 0.717) is 21.4 Å². The van der Waals surface area contributed by atoms with E-state index in [2.05, 4.69) is 0 Å². The maximum absolute atomic E-state index is 12.1. The highest BCUT2D eigenvalue weighted by molar-refractivity contribution is 6.37. The van der Waals surface area contributed by atoms with E-state index < -0.39 is 0 Å². The van der Waals surface area contributed by atoms with E-state index in [1.807, 2.05) is 26.0 Å². The van der Waals surface area contributed by atoms with Crippen molar-refractivity contribution in [1.29, 1.82) is 0 Å². The summed E-state index contributed by atoms with van der Waals surface area (Å²) >= 11 is 12.0. The molecule has 2 aromatic rings. The Labute approximate surface area is 128 Å². The van der Waals surface area contributed by atoms with E-state index in [1.54, 1.807) is 24.3 Å². The maximum Gasteiger partial charge on any atom is 0.200 e. The normalized spacial score (nSPS) is 10.4. The minimum absolute atomic E-state index is 0.0913. The quantitative estimate of drug-likeness (QED) is 0.753. The third-order valence-corrected chi connectivity index (χ3v) is 3.69. The number of ketones is 1. The van der Waals surface area contributed by atoms with Crippen LogP contribution >= 0.6 is 23.2 Å². The molecule has 0 aromatic heterocycles. The second-order valence-electron chi connectivity index (χ2n) is 4.56. The highest BCUT2D eigenvalue weighted by atomic mass is 35.5. The number of para-hydroxylation sites is 1. The summed E-state index contributed by atoms with van der Waals surface area (Å²) in [6, 6.07) is 10.6. The standard InChI is InChI=1S/C16H14Cl2O2/c1-10-6-7-12(8-11(10)2)15(19)9-20-16-13(17)4-3-5-14(16)18/h3-8H,9H2,1-2H3. The fourth-order valence-corrected chi connectivity index (χ4v) is 2.26. The molecule has 0 saturated carbocycles. The first-order valence-electron chi connectivity index (χ1n) is 6.16. The molecule has 0 bridgehead atoms. The maximum atomic E-state index is 12.1. The molecule has 0 amide bonds. The summed E-state index contributed by atoms with van der Waals surface area (Å²) in [4.78, 5) is 12.1. The van der Waals surface area contributed by atoms with Gasteiger partial charge in [0.15, 0.2) is 18.1 Å². The fourth-order valence-electron chi connectivity index (χ4n) is 1.76. The summed E-state index contributed by atoms with van der Waals surface area (Å²) in [6.45, 7) is 3.88. The number of Topliss-reactive ketones (excluding diaryl/α,β-unsaturated/α-hetero) is 1. The Hall–Kier alpha value is -1.51. The SMILES string of the molecule is Cc1ccc(C(=O)COc2c(Cl)cccc2Cl)cc1C. The van der Waals surface area contributed by atoms with Crippen molar-refractivity contribution in [2.24, 2.45) is 0 Å². The summed E-state index contributed by atoms with van der Waals surface area (Å²) in [5.41, 5.74) is 2.85. The number of ether oxygens (including phenoxy) is 1. The van der Waals surface area contributed by atoms with Gasteiger partial charge in [-0.25, -0.2) is 0 Å². The van der Waals surface area contributed by atoms with Crippen molar-refractivity contribution >= 4 is 29.0 Å². The molecule has 2 rings (SSSR count). The number of hydrogen-bond acceptors (Lipinski definition) is 2. The van der Waals surface area contributed by atoms with Gasteiger partial charge < -0.3 is 4.74 Å². The van der Waals surface area contributed by atoms with E-state index in [4.69, 9.17) is 27.9 Å². The van der Waals surface area contributed by atoms with Crippen molar-refractivity contribution in [3.8, 4) is 5.75 Å². The lowest BCUT2D eigenvalue weighted by molar-refractivity contribution is 0.0921. The van der Waals surface area contributed by atoms with E-state index >= 15 is 0 Å². The van der Waals surface area contributed by atoms with Gasteiger partial charge in [-0.3, -0.25) is 4.79 Å². The zero-order valence-corrected chi connectivity index (χ0v) is 12.8. The van der Waals surface area contributed by atoms with Crippen LogP contribution in [0.25, 0.3) is 0 Å². The Morgan fingerprint density at radius 1 is 1.05 bits per heavy atom. The highest BCUT2D eigenvalue weighted by Crippen LogP contribution is 2.32. The van der Waals surface area contributed by atoms with Crippen LogP contribution in [0.3, 0.4) is 0 Å². The van der Waals surface area contributed by atoms with Crippen molar-refractivity contribution in [2.45, 2.75) is 13.8 Å². The Balaban J connectivity index is 2.11. The number of hydrogen-bond donors (Lipinski definition) is 0. The molecule has 0 aliphatic carbocycles. The van der Waals surface area contributed by atoms with Gasteiger partial charge >= 0.3 is 0 Å². The number of carbonyl (C=O) groups is 1. The van der Waals surface area contributed by atoms with Gasteiger partial charge in [-0.2, -0.15) is 0 Å². The van der Waals surface area contributed by atoms with Crippen molar-refractivity contribution in [1.82, 2.24) is 0 Å². The second-order valence-corrected chi connectivity index (χ2v) is 5.38. The van der Waals surface area contributed by atoms with Gasteiger partial charge in [0.2, 0.25) is 0 Å². The minimum atomic E-state index is -0.107. The number of carbonyl (C=O) groups excluding carboxylic acids is 1. The average Bonchev–Trinajstić information content (AvgIpc) is 2.41. The van der Waals surface area contributed by atoms with Gasteiger partial charge in [0.05, 0.1) is 10.0 Å². The smallest absolute Gasteiger partial charge is 0.200 e. The largest absolute Gasteiger partial charge is 0.482 e. The van der Waals surface area contributed by atoms with E-state index in [-0.39, 0.29) is 12.4 Å². The lowest BCUT2D eigenvalue weighted by Gasteiger charge is -2.09. The molecular formula is C16H14Cl2O2. The summed E-state index contributed by atoms with van der Waals surface area (Å²) in [7, 11) is 0. The third-order valence-electron chi connectivity index (χ3n) is 3.10. The van der Waals surface area contributed by atoms with Crippen LogP contribution in [-0.2, 0) is 0 Å². The third kappa shape index (κ3) is 3.33. The summed E-state index contributed by atoms with van der Waals surface area (Å²) in [5, 5.41) is 0.788. The molecule has 0 radical (unpaired) electrons. The van der Waals surface area contributed by atoms with Crippen LogP contribution in [0, 0.1) is 13.8 Å². The predicted molar refractivity (Wildman–Crippen MR) is 82.2 cm³/mol. The Kier molecular flexibility index (Phi) is 4.69. The molecular weight excluding hydrogens is 295 g/mol. The van der Waals surface area contributed by atoms with Gasteiger partial charge in [0.25, 0.3) is 0 Å². The van der Waals surface area contributed by atoms with Crippen LogP contribution in [0.2, 0.25) is 10.0 Å². The molecule has 104 valence electrons. The van der Waals surface area contributed by atoms with Crippen LogP contribution < -0.4 is 4.74 Å². The second kappa shape index (κ2) is 6.29. The summed E-state index contributed by atoms with van der Waals surface area (Å²) in [5.74, 6) is 0.233. The first kappa shape index (κ1) is 14.9. The molecule has 20 heavy (non-hydrogen) atoms. The summed E-state index contributed by atoms with van der Waals surface area (Å²) in [6.07, 6.45) is 0. The Morgan fingerprint density at radius 2 is 1.70 bits per heavy atom. The number of benzene rings is 2. The van der Waals surface area contributed by atoms with Gasteiger partial charge in [0.1, 0.15) is 0 Å². The molecule has 0 heterocycles. The molecule has 0 aliphatic heterocycles. The van der Waals surface area contributed by atoms with Crippen LogP contribution in [0.1, 0.15) is 21.5 Å². The lowest BCUT2D eigenvalue weighted by atomic mass is 10.0. The first-order chi connectivity index (χ1) is 9.49. The zero-order chi connectivity index (χ0) is 14.7. The van der Waals surface area contributed by atoms with Crippen molar-refractivity contribution in [2.75, 3.05) is 6.61 Å². The first-order valence-corrected chi connectivity index (χ1v) is 6.92.